The Morgan fingerprint density at radius 1 is 0.881 bits per heavy atom. The first-order valence-electron chi connectivity index (χ1n) is 15.6. The summed E-state index contributed by atoms with van der Waals surface area (Å²) in [5.74, 6) is 1.14. The van der Waals surface area contributed by atoms with Gasteiger partial charge < -0.3 is 9.47 Å². The maximum Gasteiger partial charge on any atom is 0.256 e. The van der Waals surface area contributed by atoms with E-state index in [-0.39, 0.29) is 11.3 Å². The highest BCUT2D eigenvalue weighted by Crippen LogP contribution is 2.45. The smallest absolute Gasteiger partial charge is 0.256 e. The van der Waals surface area contributed by atoms with Crippen molar-refractivity contribution in [1.82, 2.24) is 24.3 Å². The lowest BCUT2D eigenvalue weighted by Crippen LogP contribution is -2.49. The molecule has 0 aliphatic carbocycles. The van der Waals surface area contributed by atoms with Crippen molar-refractivity contribution in [2.24, 2.45) is 0 Å². The minimum atomic E-state index is -0.00315. The van der Waals surface area contributed by atoms with Crippen LogP contribution in [0.1, 0.15) is 78.4 Å². The lowest BCUT2D eigenvalue weighted by atomic mass is 9.70. The highest BCUT2D eigenvalue weighted by atomic mass is 35.5. The second kappa shape index (κ2) is 11.1. The van der Waals surface area contributed by atoms with Crippen LogP contribution in [-0.2, 0) is 5.41 Å². The number of hydrogen-bond acceptors (Lipinski definition) is 4. The SMILES string of the molecule is Cc1ccc(C(=O)N2CCC(CCN3[C@@H]4CC[C@H]3CC(n3c(C)nc5ccccc53)C4)(c3ccccc3)CC2)c(Cl)n1. The first-order chi connectivity index (χ1) is 20.4. The number of aryl methyl sites for hydroxylation is 2. The number of amides is 1. The van der Waals surface area contributed by atoms with Gasteiger partial charge in [-0.05, 0) is 101 Å². The second-order valence-corrected chi connectivity index (χ2v) is 13.1. The van der Waals surface area contributed by atoms with Crippen LogP contribution in [0.3, 0.4) is 0 Å². The molecule has 0 saturated carbocycles. The summed E-state index contributed by atoms with van der Waals surface area (Å²) in [5.41, 5.74) is 5.20. The van der Waals surface area contributed by atoms with Gasteiger partial charge in [0.25, 0.3) is 5.91 Å². The van der Waals surface area contributed by atoms with Crippen LogP contribution in [0.4, 0.5) is 0 Å². The predicted molar refractivity (Wildman–Crippen MR) is 168 cm³/mol. The highest BCUT2D eigenvalue weighted by molar-refractivity contribution is 6.32. The molecular formula is C35H40ClN5O. The molecule has 3 atom stereocenters. The number of para-hydroxylation sites is 2. The maximum atomic E-state index is 13.4. The summed E-state index contributed by atoms with van der Waals surface area (Å²) in [7, 11) is 0. The average Bonchev–Trinajstić information content (AvgIpc) is 3.46. The van der Waals surface area contributed by atoms with Gasteiger partial charge in [0.1, 0.15) is 11.0 Å². The molecule has 2 bridgehead atoms. The van der Waals surface area contributed by atoms with E-state index in [1.165, 1.54) is 36.8 Å². The number of carbonyl (C=O) groups is 1. The number of rotatable bonds is 6. The lowest BCUT2D eigenvalue weighted by Gasteiger charge is -2.45. The summed E-state index contributed by atoms with van der Waals surface area (Å²) in [6, 6.07) is 25.1. The second-order valence-electron chi connectivity index (χ2n) is 12.7. The summed E-state index contributed by atoms with van der Waals surface area (Å²) in [5, 5.41) is 0.303. The fourth-order valence-corrected chi connectivity index (χ4v) is 8.53. The van der Waals surface area contributed by atoms with E-state index in [0.29, 0.717) is 28.8 Å². The minimum absolute atomic E-state index is 0.00315. The monoisotopic (exact) mass is 581 g/mol. The predicted octanol–water partition coefficient (Wildman–Crippen LogP) is 7.13. The van der Waals surface area contributed by atoms with Crippen LogP contribution in [0.5, 0.6) is 0 Å². The van der Waals surface area contributed by atoms with Crippen LogP contribution in [0, 0.1) is 13.8 Å². The first kappa shape index (κ1) is 27.6. The van der Waals surface area contributed by atoms with Gasteiger partial charge in [0, 0.05) is 36.9 Å². The van der Waals surface area contributed by atoms with E-state index < -0.39 is 0 Å². The van der Waals surface area contributed by atoms with Gasteiger partial charge >= 0.3 is 0 Å². The largest absolute Gasteiger partial charge is 0.338 e. The van der Waals surface area contributed by atoms with Gasteiger partial charge in [0.15, 0.2) is 0 Å². The summed E-state index contributed by atoms with van der Waals surface area (Å²) in [6.07, 6.45) is 8.03. The number of imidazole rings is 1. The normalized spacial score (nSPS) is 23.9. The Hall–Kier alpha value is -3.22. The molecule has 1 amide bonds. The Morgan fingerprint density at radius 2 is 1.57 bits per heavy atom. The van der Waals surface area contributed by atoms with Gasteiger partial charge in [-0.1, -0.05) is 54.1 Å². The lowest BCUT2D eigenvalue weighted by molar-refractivity contribution is 0.0607. The van der Waals surface area contributed by atoms with Crippen molar-refractivity contribution < 1.29 is 4.79 Å². The van der Waals surface area contributed by atoms with E-state index in [0.717, 1.165) is 55.9 Å². The molecule has 0 spiro atoms. The summed E-state index contributed by atoms with van der Waals surface area (Å²) in [4.78, 5) is 27.4. The number of pyridine rings is 1. The van der Waals surface area contributed by atoms with Crippen molar-refractivity contribution in [3.8, 4) is 0 Å². The summed E-state index contributed by atoms with van der Waals surface area (Å²) < 4.78 is 2.52. The molecule has 7 rings (SSSR count). The Labute approximate surface area is 253 Å². The number of piperidine rings is 2. The molecule has 4 aromatic rings. The molecule has 3 aliphatic rings. The topological polar surface area (TPSA) is 54.3 Å². The standard InChI is InChI=1S/C35H40ClN5O/c1-24-12-15-30(33(36)37-24)34(42)39-19-16-35(17-20-39,26-8-4-3-5-9-26)18-21-40-27-13-14-28(40)23-29(22-27)41-25(2)38-31-10-6-7-11-32(31)41/h3-12,15,27-29H,13-14,16-23H2,1-2H3/t27-,28+,29?. The van der Waals surface area contributed by atoms with Crippen molar-refractivity contribution in [1.29, 1.82) is 0 Å². The van der Waals surface area contributed by atoms with Gasteiger partial charge in [-0.25, -0.2) is 9.97 Å². The van der Waals surface area contributed by atoms with E-state index in [2.05, 4.69) is 76.0 Å². The molecule has 0 N–H and O–H groups in total. The number of aromatic nitrogens is 3. The first-order valence-corrected chi connectivity index (χ1v) is 16.0. The molecule has 3 aliphatic heterocycles. The number of halogens is 1. The zero-order chi connectivity index (χ0) is 28.8. The maximum absolute atomic E-state index is 13.4. The van der Waals surface area contributed by atoms with Gasteiger partial charge in [-0.2, -0.15) is 0 Å². The van der Waals surface area contributed by atoms with Crippen molar-refractivity contribution >= 4 is 28.5 Å². The molecular weight excluding hydrogens is 542 g/mol. The van der Waals surface area contributed by atoms with E-state index >= 15 is 0 Å². The molecule has 3 saturated heterocycles. The van der Waals surface area contributed by atoms with Crippen LogP contribution < -0.4 is 0 Å². The highest BCUT2D eigenvalue weighted by Gasteiger charge is 2.44. The molecule has 218 valence electrons. The van der Waals surface area contributed by atoms with Gasteiger partial charge in [0.05, 0.1) is 16.6 Å². The zero-order valence-corrected chi connectivity index (χ0v) is 25.4. The van der Waals surface area contributed by atoms with Gasteiger partial charge in [0.2, 0.25) is 0 Å². The van der Waals surface area contributed by atoms with E-state index in [9.17, 15) is 4.79 Å². The Balaban J connectivity index is 1.06. The van der Waals surface area contributed by atoms with Crippen molar-refractivity contribution in [2.45, 2.75) is 82.3 Å². The molecule has 7 heteroatoms. The van der Waals surface area contributed by atoms with E-state index in [1.54, 1.807) is 0 Å². The number of hydrogen-bond donors (Lipinski definition) is 0. The third-order valence-electron chi connectivity index (χ3n) is 10.5. The third-order valence-corrected chi connectivity index (χ3v) is 10.7. The molecule has 42 heavy (non-hydrogen) atoms. The zero-order valence-electron chi connectivity index (χ0n) is 24.7. The van der Waals surface area contributed by atoms with E-state index in [4.69, 9.17) is 16.6 Å². The Kier molecular flexibility index (Phi) is 7.31. The van der Waals surface area contributed by atoms with Gasteiger partial charge in [-0.3, -0.25) is 9.69 Å². The summed E-state index contributed by atoms with van der Waals surface area (Å²) >= 11 is 6.38. The fourth-order valence-electron chi connectivity index (χ4n) is 8.26. The number of carbonyl (C=O) groups excluding carboxylic acids is 1. The van der Waals surface area contributed by atoms with Crippen molar-refractivity contribution in [2.75, 3.05) is 19.6 Å². The van der Waals surface area contributed by atoms with Crippen molar-refractivity contribution in [3.05, 3.63) is 94.5 Å². The number of nitrogens with zero attached hydrogens (tertiary/aromatic N) is 5. The van der Waals surface area contributed by atoms with Crippen LogP contribution in [-0.4, -0.2) is 62.0 Å². The Morgan fingerprint density at radius 3 is 2.29 bits per heavy atom. The number of fused-ring (bicyclic) bond motifs is 3. The fraction of sp³-hybridized carbons (Fsp3) is 0.457. The molecule has 5 heterocycles. The average molecular weight is 582 g/mol. The molecule has 6 nitrogen and oxygen atoms in total. The molecule has 2 aromatic heterocycles. The quantitative estimate of drug-likeness (QED) is 0.227. The third kappa shape index (κ3) is 4.92. The number of likely N-dealkylation sites (tertiary alicyclic amines) is 1. The molecule has 3 fully saturated rings. The minimum Gasteiger partial charge on any atom is -0.338 e. The molecule has 0 radical (unpaired) electrons. The van der Waals surface area contributed by atoms with Gasteiger partial charge in [-0.15, -0.1) is 0 Å². The van der Waals surface area contributed by atoms with Crippen LogP contribution in [0.15, 0.2) is 66.7 Å². The Bertz CT molecular complexity index is 1580. The van der Waals surface area contributed by atoms with Crippen LogP contribution >= 0.6 is 11.6 Å². The van der Waals surface area contributed by atoms with Crippen molar-refractivity contribution in [3.63, 3.8) is 0 Å². The summed E-state index contributed by atoms with van der Waals surface area (Å²) in [6.45, 7) is 6.64. The van der Waals surface area contributed by atoms with E-state index in [1.807, 2.05) is 24.0 Å². The molecule has 1 unspecified atom stereocenters. The van der Waals surface area contributed by atoms with Crippen LogP contribution in [0.25, 0.3) is 11.0 Å². The molecule has 2 aromatic carbocycles. The van der Waals surface area contributed by atoms with Crippen LogP contribution in [0.2, 0.25) is 5.15 Å². The number of benzene rings is 2.